The maximum atomic E-state index is 12.6. The van der Waals surface area contributed by atoms with Gasteiger partial charge < -0.3 is 14.5 Å². The van der Waals surface area contributed by atoms with E-state index in [9.17, 15) is 4.79 Å². The zero-order valence-electron chi connectivity index (χ0n) is 17.0. The van der Waals surface area contributed by atoms with Crippen molar-refractivity contribution in [3.8, 4) is 5.75 Å². The van der Waals surface area contributed by atoms with E-state index < -0.39 is 0 Å². The highest BCUT2D eigenvalue weighted by Crippen LogP contribution is 2.36. The number of aryl methyl sites for hydroxylation is 2. The fourth-order valence-corrected chi connectivity index (χ4v) is 5.32. The number of carbonyl (C=O) groups is 1. The van der Waals surface area contributed by atoms with E-state index in [1.807, 2.05) is 11.0 Å². The first-order valence-electron chi connectivity index (χ1n) is 9.71. The van der Waals surface area contributed by atoms with Crippen molar-refractivity contribution >= 4 is 44.4 Å². The SMILES string of the molecule is COc1ccc(C)c2sc(N3CCN(C(=O)CSc4ccc(C)cc4)CC3)nc12. The molecule has 0 N–H and O–H groups in total. The van der Waals surface area contributed by atoms with Crippen LogP contribution in [0.3, 0.4) is 0 Å². The molecule has 1 saturated heterocycles. The minimum atomic E-state index is 0.206. The van der Waals surface area contributed by atoms with Crippen LogP contribution in [-0.2, 0) is 4.79 Å². The van der Waals surface area contributed by atoms with E-state index in [-0.39, 0.29) is 5.91 Å². The summed E-state index contributed by atoms with van der Waals surface area (Å²) in [5.74, 6) is 1.51. The predicted octanol–water partition coefficient (Wildman–Crippen LogP) is 4.36. The summed E-state index contributed by atoms with van der Waals surface area (Å²) < 4.78 is 6.65. The van der Waals surface area contributed by atoms with Gasteiger partial charge in [-0.25, -0.2) is 4.98 Å². The Morgan fingerprint density at radius 2 is 1.83 bits per heavy atom. The van der Waals surface area contributed by atoms with Crippen LogP contribution >= 0.6 is 23.1 Å². The monoisotopic (exact) mass is 427 g/mol. The highest BCUT2D eigenvalue weighted by Gasteiger charge is 2.24. The fraction of sp³-hybridized carbons (Fsp3) is 0.364. The number of ether oxygens (including phenoxy) is 1. The second kappa shape index (κ2) is 8.63. The molecule has 0 atom stereocenters. The van der Waals surface area contributed by atoms with Gasteiger partial charge in [-0.1, -0.05) is 35.1 Å². The number of piperazine rings is 1. The Balaban J connectivity index is 1.36. The highest BCUT2D eigenvalue weighted by atomic mass is 32.2. The fourth-order valence-electron chi connectivity index (χ4n) is 3.42. The molecule has 7 heteroatoms. The van der Waals surface area contributed by atoms with Crippen molar-refractivity contribution in [1.82, 2.24) is 9.88 Å². The van der Waals surface area contributed by atoms with Crippen LogP contribution in [-0.4, -0.2) is 54.8 Å². The van der Waals surface area contributed by atoms with Crippen molar-refractivity contribution in [1.29, 1.82) is 0 Å². The largest absolute Gasteiger partial charge is 0.494 e. The number of thioether (sulfide) groups is 1. The number of thiazole rings is 1. The molecule has 0 aliphatic carbocycles. The number of hydrogen-bond donors (Lipinski definition) is 0. The maximum Gasteiger partial charge on any atom is 0.233 e. The van der Waals surface area contributed by atoms with E-state index in [0.717, 1.165) is 47.5 Å². The molecule has 0 radical (unpaired) electrons. The van der Waals surface area contributed by atoms with Crippen molar-refractivity contribution in [3.63, 3.8) is 0 Å². The van der Waals surface area contributed by atoms with Gasteiger partial charge in [-0.3, -0.25) is 4.79 Å². The molecule has 0 bridgehead atoms. The lowest BCUT2D eigenvalue weighted by Crippen LogP contribution is -2.49. The van der Waals surface area contributed by atoms with Gasteiger partial charge in [-0.05, 0) is 37.6 Å². The first-order chi connectivity index (χ1) is 14.0. The van der Waals surface area contributed by atoms with Gasteiger partial charge in [0.25, 0.3) is 0 Å². The normalized spacial score (nSPS) is 14.4. The number of aromatic nitrogens is 1. The summed E-state index contributed by atoms with van der Waals surface area (Å²) in [4.78, 5) is 22.8. The third-order valence-electron chi connectivity index (χ3n) is 5.20. The molecule has 3 aromatic rings. The molecule has 5 nitrogen and oxygen atoms in total. The summed E-state index contributed by atoms with van der Waals surface area (Å²) in [5.41, 5.74) is 3.38. The van der Waals surface area contributed by atoms with Crippen LogP contribution in [0.25, 0.3) is 10.2 Å². The standard InChI is InChI=1S/C22H25N3O2S2/c1-15-4-7-17(8-5-15)28-14-19(26)24-10-12-25(13-11-24)22-23-20-18(27-3)9-6-16(2)21(20)29-22/h4-9H,10-14H2,1-3H3. The summed E-state index contributed by atoms with van der Waals surface area (Å²) in [7, 11) is 1.68. The summed E-state index contributed by atoms with van der Waals surface area (Å²) in [6, 6.07) is 12.4. The van der Waals surface area contributed by atoms with E-state index in [4.69, 9.17) is 9.72 Å². The molecule has 29 heavy (non-hydrogen) atoms. The molecule has 1 fully saturated rings. The van der Waals surface area contributed by atoms with Gasteiger partial charge in [-0.2, -0.15) is 0 Å². The van der Waals surface area contributed by atoms with Crippen LogP contribution in [0.1, 0.15) is 11.1 Å². The molecule has 152 valence electrons. The minimum Gasteiger partial charge on any atom is -0.494 e. The van der Waals surface area contributed by atoms with Crippen LogP contribution < -0.4 is 9.64 Å². The van der Waals surface area contributed by atoms with Crippen LogP contribution in [0, 0.1) is 13.8 Å². The van der Waals surface area contributed by atoms with Crippen molar-refractivity contribution in [2.45, 2.75) is 18.7 Å². The summed E-state index contributed by atoms with van der Waals surface area (Å²) in [6.07, 6.45) is 0. The molecule has 1 aromatic heterocycles. The van der Waals surface area contributed by atoms with E-state index in [0.29, 0.717) is 5.75 Å². The van der Waals surface area contributed by atoms with Gasteiger partial charge >= 0.3 is 0 Å². The Hall–Kier alpha value is -2.25. The Bertz CT molecular complexity index is 1010. The average Bonchev–Trinajstić information content (AvgIpc) is 3.20. The van der Waals surface area contributed by atoms with Crippen LogP contribution in [0.15, 0.2) is 41.3 Å². The van der Waals surface area contributed by atoms with Gasteiger partial charge in [0.2, 0.25) is 5.91 Å². The second-order valence-electron chi connectivity index (χ2n) is 7.23. The number of benzene rings is 2. The molecular formula is C22H25N3O2S2. The molecule has 2 heterocycles. The lowest BCUT2D eigenvalue weighted by Gasteiger charge is -2.34. The van der Waals surface area contributed by atoms with E-state index in [2.05, 4.69) is 49.1 Å². The molecule has 0 saturated carbocycles. The Labute approximate surface area is 179 Å². The first kappa shape index (κ1) is 20.0. The van der Waals surface area contributed by atoms with Crippen molar-refractivity contribution in [2.75, 3.05) is 43.9 Å². The Kier molecular flexibility index (Phi) is 5.96. The molecule has 0 spiro atoms. The van der Waals surface area contributed by atoms with Gasteiger partial charge in [0.1, 0.15) is 11.3 Å². The van der Waals surface area contributed by atoms with E-state index in [1.54, 1.807) is 30.2 Å². The average molecular weight is 428 g/mol. The van der Waals surface area contributed by atoms with Crippen LogP contribution in [0.2, 0.25) is 0 Å². The van der Waals surface area contributed by atoms with Crippen molar-refractivity contribution in [2.24, 2.45) is 0 Å². The first-order valence-corrected chi connectivity index (χ1v) is 11.5. The lowest BCUT2D eigenvalue weighted by molar-refractivity contribution is -0.128. The minimum absolute atomic E-state index is 0.206. The van der Waals surface area contributed by atoms with Crippen molar-refractivity contribution in [3.05, 3.63) is 47.5 Å². The highest BCUT2D eigenvalue weighted by molar-refractivity contribution is 8.00. The maximum absolute atomic E-state index is 12.6. The topological polar surface area (TPSA) is 45.7 Å². The molecule has 1 aliphatic heterocycles. The smallest absolute Gasteiger partial charge is 0.233 e. The molecule has 0 unspecified atom stereocenters. The van der Waals surface area contributed by atoms with Crippen LogP contribution in [0.5, 0.6) is 5.75 Å². The number of carbonyl (C=O) groups excluding carboxylic acids is 1. The molecule has 1 amide bonds. The zero-order valence-corrected chi connectivity index (χ0v) is 18.6. The third kappa shape index (κ3) is 4.36. The molecular weight excluding hydrogens is 402 g/mol. The summed E-state index contributed by atoms with van der Waals surface area (Å²) in [6.45, 7) is 7.26. The van der Waals surface area contributed by atoms with Crippen LogP contribution in [0.4, 0.5) is 5.13 Å². The number of nitrogens with zero attached hydrogens (tertiary/aromatic N) is 3. The zero-order chi connectivity index (χ0) is 20.4. The van der Waals surface area contributed by atoms with Gasteiger partial charge in [0.15, 0.2) is 5.13 Å². The number of methoxy groups -OCH3 is 1. The molecule has 1 aliphatic rings. The molecule has 2 aromatic carbocycles. The Morgan fingerprint density at radius 1 is 1.10 bits per heavy atom. The lowest BCUT2D eigenvalue weighted by atomic mass is 10.2. The van der Waals surface area contributed by atoms with E-state index in [1.165, 1.54) is 15.8 Å². The number of rotatable bonds is 5. The third-order valence-corrected chi connectivity index (χ3v) is 7.45. The van der Waals surface area contributed by atoms with E-state index >= 15 is 0 Å². The number of fused-ring (bicyclic) bond motifs is 1. The Morgan fingerprint density at radius 3 is 2.52 bits per heavy atom. The van der Waals surface area contributed by atoms with Gasteiger partial charge in [-0.15, -0.1) is 11.8 Å². The summed E-state index contributed by atoms with van der Waals surface area (Å²) >= 11 is 3.31. The predicted molar refractivity (Wildman–Crippen MR) is 122 cm³/mol. The summed E-state index contributed by atoms with van der Waals surface area (Å²) in [5, 5.41) is 1.01. The quantitative estimate of drug-likeness (QED) is 0.566. The van der Waals surface area contributed by atoms with Gasteiger partial charge in [0, 0.05) is 31.1 Å². The molecule has 4 rings (SSSR count). The number of amides is 1. The number of anilines is 1. The van der Waals surface area contributed by atoms with Crippen molar-refractivity contribution < 1.29 is 9.53 Å². The van der Waals surface area contributed by atoms with Gasteiger partial charge in [0.05, 0.1) is 17.6 Å². The second-order valence-corrected chi connectivity index (χ2v) is 9.25. The number of hydrogen-bond acceptors (Lipinski definition) is 6.